The number of hydrogen-bond donors (Lipinski definition) is 1. The molecule has 1 aromatic heterocycles. The highest BCUT2D eigenvalue weighted by atomic mass is 32.1. The fraction of sp³-hybridized carbons (Fsp3) is 0.312. The fourth-order valence-corrected chi connectivity index (χ4v) is 2.43. The molecule has 1 aromatic carbocycles. The van der Waals surface area contributed by atoms with Gasteiger partial charge in [0.2, 0.25) is 11.0 Å². The normalized spacial score (nSPS) is 10.7. The van der Waals surface area contributed by atoms with Crippen LogP contribution < -0.4 is 14.8 Å². The van der Waals surface area contributed by atoms with Crippen LogP contribution in [0, 0.1) is 6.92 Å². The van der Waals surface area contributed by atoms with Crippen molar-refractivity contribution < 1.29 is 14.3 Å². The minimum atomic E-state index is -0.256. The summed E-state index contributed by atoms with van der Waals surface area (Å²) >= 11 is 1.33. The Labute approximate surface area is 139 Å². The molecule has 6 nitrogen and oxygen atoms in total. The van der Waals surface area contributed by atoms with E-state index in [9.17, 15) is 4.79 Å². The second-order valence-corrected chi connectivity index (χ2v) is 5.70. The van der Waals surface area contributed by atoms with Gasteiger partial charge in [0.1, 0.15) is 5.01 Å². The summed E-state index contributed by atoms with van der Waals surface area (Å²) in [6, 6.07) is 5.54. The zero-order chi connectivity index (χ0) is 16.7. The topological polar surface area (TPSA) is 73.3 Å². The van der Waals surface area contributed by atoms with Gasteiger partial charge in [0.05, 0.1) is 13.2 Å². The van der Waals surface area contributed by atoms with E-state index in [-0.39, 0.29) is 5.91 Å². The Morgan fingerprint density at radius 2 is 1.96 bits per heavy atom. The lowest BCUT2D eigenvalue weighted by Crippen LogP contribution is -2.07. The largest absolute Gasteiger partial charge is 0.490 e. The Bertz CT molecular complexity index is 698. The van der Waals surface area contributed by atoms with E-state index in [2.05, 4.69) is 15.5 Å². The van der Waals surface area contributed by atoms with Crippen LogP contribution in [0.5, 0.6) is 11.5 Å². The molecule has 122 valence electrons. The van der Waals surface area contributed by atoms with Crippen LogP contribution >= 0.6 is 11.3 Å². The van der Waals surface area contributed by atoms with Crippen LogP contribution in [0.15, 0.2) is 24.3 Å². The number of ether oxygens (including phenoxy) is 2. The van der Waals surface area contributed by atoms with Gasteiger partial charge in [0, 0.05) is 6.08 Å². The average molecular weight is 333 g/mol. The van der Waals surface area contributed by atoms with E-state index in [1.54, 1.807) is 6.08 Å². The van der Waals surface area contributed by atoms with Gasteiger partial charge in [-0.05, 0) is 44.5 Å². The van der Waals surface area contributed by atoms with Gasteiger partial charge in [-0.25, -0.2) is 0 Å². The first kappa shape index (κ1) is 17.0. The summed E-state index contributed by atoms with van der Waals surface area (Å²) in [5.74, 6) is 1.10. The molecule has 0 bridgehead atoms. The lowest BCUT2D eigenvalue weighted by molar-refractivity contribution is -0.111. The van der Waals surface area contributed by atoms with E-state index >= 15 is 0 Å². The second kappa shape index (κ2) is 8.28. The fourth-order valence-electron chi connectivity index (χ4n) is 1.84. The minimum Gasteiger partial charge on any atom is -0.490 e. The number of nitrogens with zero attached hydrogens (tertiary/aromatic N) is 2. The van der Waals surface area contributed by atoms with Crippen molar-refractivity contribution >= 4 is 28.5 Å². The molecule has 23 heavy (non-hydrogen) atoms. The van der Waals surface area contributed by atoms with E-state index in [0.29, 0.717) is 29.8 Å². The molecule has 0 unspecified atom stereocenters. The van der Waals surface area contributed by atoms with Gasteiger partial charge in [-0.1, -0.05) is 17.4 Å². The van der Waals surface area contributed by atoms with Crippen molar-refractivity contribution in [2.24, 2.45) is 0 Å². The Hall–Kier alpha value is -2.41. The molecule has 0 fully saturated rings. The van der Waals surface area contributed by atoms with E-state index in [1.807, 2.05) is 39.0 Å². The number of nitrogens with one attached hydrogen (secondary N) is 1. The molecule has 2 rings (SSSR count). The number of carbonyl (C=O) groups excluding carboxylic acids is 1. The molecule has 0 aliphatic carbocycles. The third-order valence-corrected chi connectivity index (χ3v) is 3.50. The monoisotopic (exact) mass is 333 g/mol. The van der Waals surface area contributed by atoms with Gasteiger partial charge in [-0.3, -0.25) is 10.1 Å². The number of amides is 1. The van der Waals surface area contributed by atoms with Crippen molar-refractivity contribution in [3.63, 3.8) is 0 Å². The molecule has 1 N–H and O–H groups in total. The van der Waals surface area contributed by atoms with E-state index in [1.165, 1.54) is 17.4 Å². The van der Waals surface area contributed by atoms with Gasteiger partial charge in [-0.2, -0.15) is 0 Å². The molecule has 7 heteroatoms. The molecular weight excluding hydrogens is 314 g/mol. The molecule has 0 saturated carbocycles. The zero-order valence-electron chi connectivity index (χ0n) is 13.3. The number of anilines is 1. The second-order valence-electron chi connectivity index (χ2n) is 4.52. The summed E-state index contributed by atoms with van der Waals surface area (Å²) in [5, 5.41) is 11.6. The third-order valence-electron chi connectivity index (χ3n) is 2.75. The van der Waals surface area contributed by atoms with Crippen molar-refractivity contribution in [3.8, 4) is 11.5 Å². The molecule has 1 amide bonds. The maximum atomic E-state index is 11.9. The number of rotatable bonds is 7. The Balaban J connectivity index is 2.06. The van der Waals surface area contributed by atoms with Crippen molar-refractivity contribution in [2.75, 3.05) is 18.5 Å². The van der Waals surface area contributed by atoms with Crippen LogP contribution in [0.2, 0.25) is 0 Å². The summed E-state index contributed by atoms with van der Waals surface area (Å²) in [5.41, 5.74) is 0.848. The number of carbonyl (C=O) groups is 1. The molecule has 0 aliphatic heterocycles. The Morgan fingerprint density at radius 3 is 2.61 bits per heavy atom. The minimum absolute atomic E-state index is 0.256. The van der Waals surface area contributed by atoms with Gasteiger partial charge in [0.15, 0.2) is 11.5 Å². The summed E-state index contributed by atoms with van der Waals surface area (Å²) in [7, 11) is 0. The first-order valence-corrected chi connectivity index (χ1v) is 8.12. The maximum Gasteiger partial charge on any atom is 0.250 e. The summed E-state index contributed by atoms with van der Waals surface area (Å²) in [4.78, 5) is 11.9. The lowest BCUT2D eigenvalue weighted by atomic mass is 10.2. The molecular formula is C16H19N3O3S. The maximum absolute atomic E-state index is 11.9. The molecule has 0 spiro atoms. The first-order valence-electron chi connectivity index (χ1n) is 7.31. The molecule has 0 atom stereocenters. The highest BCUT2D eigenvalue weighted by molar-refractivity contribution is 7.15. The lowest BCUT2D eigenvalue weighted by Gasteiger charge is -2.11. The zero-order valence-corrected chi connectivity index (χ0v) is 14.1. The van der Waals surface area contributed by atoms with Crippen molar-refractivity contribution in [2.45, 2.75) is 20.8 Å². The molecule has 0 radical (unpaired) electrons. The van der Waals surface area contributed by atoms with E-state index in [0.717, 1.165) is 10.6 Å². The number of hydrogen-bond acceptors (Lipinski definition) is 6. The van der Waals surface area contributed by atoms with Gasteiger partial charge < -0.3 is 9.47 Å². The van der Waals surface area contributed by atoms with Gasteiger partial charge in [0.25, 0.3) is 0 Å². The van der Waals surface area contributed by atoms with Crippen LogP contribution in [0.1, 0.15) is 24.4 Å². The van der Waals surface area contributed by atoms with Crippen molar-refractivity contribution in [1.82, 2.24) is 10.2 Å². The van der Waals surface area contributed by atoms with Crippen LogP contribution in [0.3, 0.4) is 0 Å². The average Bonchev–Trinajstić information content (AvgIpc) is 2.93. The van der Waals surface area contributed by atoms with Crippen molar-refractivity contribution in [1.29, 1.82) is 0 Å². The third kappa shape index (κ3) is 5.07. The van der Waals surface area contributed by atoms with E-state index in [4.69, 9.17) is 9.47 Å². The van der Waals surface area contributed by atoms with Crippen molar-refractivity contribution in [3.05, 3.63) is 34.8 Å². The van der Waals surface area contributed by atoms with Crippen LogP contribution in [-0.4, -0.2) is 29.3 Å². The van der Waals surface area contributed by atoms with Gasteiger partial charge in [-0.15, -0.1) is 10.2 Å². The highest BCUT2D eigenvalue weighted by Gasteiger charge is 2.06. The number of aromatic nitrogens is 2. The standard InChI is InChI=1S/C16H19N3O3S/c1-4-21-13-8-6-12(10-14(13)22-5-2)7-9-15(20)17-16-19-18-11(3)23-16/h6-10H,4-5H2,1-3H3,(H,17,19,20)/b9-7+. The summed E-state index contributed by atoms with van der Waals surface area (Å²) < 4.78 is 11.1. The SMILES string of the molecule is CCOc1ccc(/C=C/C(=O)Nc2nnc(C)s2)cc1OCC. The van der Waals surface area contributed by atoms with Crippen LogP contribution in [0.25, 0.3) is 6.08 Å². The predicted molar refractivity (Wildman–Crippen MR) is 91.1 cm³/mol. The highest BCUT2D eigenvalue weighted by Crippen LogP contribution is 2.29. The first-order chi connectivity index (χ1) is 11.1. The Morgan fingerprint density at radius 1 is 1.22 bits per heavy atom. The van der Waals surface area contributed by atoms with Crippen LogP contribution in [-0.2, 0) is 4.79 Å². The Kier molecular flexibility index (Phi) is 6.10. The quantitative estimate of drug-likeness (QED) is 0.787. The molecule has 2 aromatic rings. The van der Waals surface area contributed by atoms with Gasteiger partial charge >= 0.3 is 0 Å². The number of benzene rings is 1. The molecule has 0 saturated heterocycles. The number of aryl methyl sites for hydroxylation is 1. The molecule has 1 heterocycles. The summed E-state index contributed by atoms with van der Waals surface area (Å²) in [6.07, 6.45) is 3.16. The smallest absolute Gasteiger partial charge is 0.250 e. The molecule has 0 aliphatic rings. The van der Waals surface area contributed by atoms with E-state index < -0.39 is 0 Å². The summed E-state index contributed by atoms with van der Waals surface area (Å²) in [6.45, 7) is 6.78. The van der Waals surface area contributed by atoms with Crippen LogP contribution in [0.4, 0.5) is 5.13 Å². The predicted octanol–water partition coefficient (Wildman–Crippen LogP) is 3.30.